The maximum atomic E-state index is 13.8. The van der Waals surface area contributed by atoms with Crippen molar-refractivity contribution in [3.63, 3.8) is 0 Å². The minimum Gasteiger partial charge on any atom is -0.478 e. The third-order valence-corrected chi connectivity index (χ3v) is 3.17. The number of anilines is 1. The first kappa shape index (κ1) is 13.3. The maximum Gasteiger partial charge on any atom is 0.335 e. The number of aromatic carboxylic acids is 1. The van der Waals surface area contributed by atoms with Gasteiger partial charge in [0.05, 0.1) is 11.5 Å². The number of hydrogen-bond donors (Lipinski definition) is 2. The predicted octanol–water partition coefficient (Wildman–Crippen LogP) is 0.975. The van der Waals surface area contributed by atoms with Gasteiger partial charge in [0.1, 0.15) is 17.3 Å². The van der Waals surface area contributed by atoms with Crippen molar-refractivity contribution in [2.45, 2.75) is 6.42 Å². The van der Waals surface area contributed by atoms with Crippen molar-refractivity contribution in [3.05, 3.63) is 29.3 Å². The normalized spacial score (nSPS) is 18.6. The van der Waals surface area contributed by atoms with Crippen LogP contribution in [0.2, 0.25) is 0 Å². The fraction of sp³-hybridized carbons (Fsp3) is 0.333. The molecule has 1 atom stereocenters. The molecular formula is C12H12F2N2O3. The van der Waals surface area contributed by atoms with E-state index in [2.05, 4.69) is 0 Å². The first-order chi connectivity index (χ1) is 8.90. The second-order valence-corrected chi connectivity index (χ2v) is 4.43. The van der Waals surface area contributed by atoms with E-state index < -0.39 is 35.0 Å². The summed E-state index contributed by atoms with van der Waals surface area (Å²) in [6, 6.07) is 1.52. The van der Waals surface area contributed by atoms with Gasteiger partial charge < -0.3 is 15.7 Å². The molecule has 1 aliphatic heterocycles. The van der Waals surface area contributed by atoms with Crippen LogP contribution < -0.4 is 10.6 Å². The molecule has 0 radical (unpaired) electrons. The molecule has 2 rings (SSSR count). The maximum absolute atomic E-state index is 13.8. The molecule has 0 aliphatic carbocycles. The Bertz CT molecular complexity index is 525. The SMILES string of the molecule is NC(=O)C1CCN(c2c(F)cc(C(=O)O)cc2F)C1. The van der Waals surface area contributed by atoms with Crippen molar-refractivity contribution in [2.75, 3.05) is 18.0 Å². The Balaban J connectivity index is 2.31. The fourth-order valence-electron chi connectivity index (χ4n) is 2.19. The first-order valence-electron chi connectivity index (χ1n) is 5.66. The predicted molar refractivity (Wildman–Crippen MR) is 62.8 cm³/mol. The highest BCUT2D eigenvalue weighted by atomic mass is 19.1. The minimum atomic E-state index is -1.40. The average molecular weight is 270 g/mol. The van der Waals surface area contributed by atoms with E-state index in [0.29, 0.717) is 13.0 Å². The van der Waals surface area contributed by atoms with Crippen molar-refractivity contribution in [1.82, 2.24) is 0 Å². The molecule has 5 nitrogen and oxygen atoms in total. The van der Waals surface area contributed by atoms with Gasteiger partial charge in [0.15, 0.2) is 0 Å². The molecule has 1 heterocycles. The van der Waals surface area contributed by atoms with Crippen LogP contribution in [0.1, 0.15) is 16.8 Å². The Morgan fingerprint density at radius 1 is 1.32 bits per heavy atom. The number of rotatable bonds is 3. The Hall–Kier alpha value is -2.18. The molecule has 0 bridgehead atoms. The Kier molecular flexibility index (Phi) is 3.37. The van der Waals surface area contributed by atoms with Crippen LogP contribution in [0.3, 0.4) is 0 Å². The number of nitrogens with zero attached hydrogens (tertiary/aromatic N) is 1. The summed E-state index contributed by atoms with van der Waals surface area (Å²) in [4.78, 5) is 23.1. The van der Waals surface area contributed by atoms with Gasteiger partial charge >= 0.3 is 5.97 Å². The molecule has 1 aliphatic rings. The van der Waals surface area contributed by atoms with Crippen LogP contribution in [-0.4, -0.2) is 30.1 Å². The molecule has 1 amide bonds. The average Bonchev–Trinajstić information content (AvgIpc) is 2.77. The number of carbonyl (C=O) groups excluding carboxylic acids is 1. The zero-order chi connectivity index (χ0) is 14.2. The highest BCUT2D eigenvalue weighted by Crippen LogP contribution is 2.29. The molecule has 0 aromatic heterocycles. The summed E-state index contributed by atoms with van der Waals surface area (Å²) in [6.45, 7) is 0.434. The summed E-state index contributed by atoms with van der Waals surface area (Å²) >= 11 is 0. The third-order valence-electron chi connectivity index (χ3n) is 3.17. The summed E-state index contributed by atoms with van der Waals surface area (Å²) in [6.07, 6.45) is 0.425. The van der Waals surface area contributed by atoms with Crippen LogP contribution in [0.5, 0.6) is 0 Å². The second kappa shape index (κ2) is 4.83. The summed E-state index contributed by atoms with van der Waals surface area (Å²) in [7, 11) is 0. The van der Waals surface area contributed by atoms with E-state index in [9.17, 15) is 18.4 Å². The van der Waals surface area contributed by atoms with Gasteiger partial charge in [-0.1, -0.05) is 0 Å². The summed E-state index contributed by atoms with van der Waals surface area (Å²) in [5, 5.41) is 8.70. The molecule has 102 valence electrons. The van der Waals surface area contributed by atoms with Gasteiger partial charge in [-0.3, -0.25) is 4.79 Å². The second-order valence-electron chi connectivity index (χ2n) is 4.43. The van der Waals surface area contributed by atoms with Crippen molar-refractivity contribution in [1.29, 1.82) is 0 Å². The lowest BCUT2D eigenvalue weighted by Gasteiger charge is -2.19. The molecule has 19 heavy (non-hydrogen) atoms. The number of nitrogens with two attached hydrogens (primary N) is 1. The lowest BCUT2D eigenvalue weighted by Crippen LogP contribution is -2.28. The van der Waals surface area contributed by atoms with E-state index in [4.69, 9.17) is 10.8 Å². The van der Waals surface area contributed by atoms with Gasteiger partial charge in [-0.15, -0.1) is 0 Å². The monoisotopic (exact) mass is 270 g/mol. The van der Waals surface area contributed by atoms with Crippen molar-refractivity contribution in [3.8, 4) is 0 Å². The number of primary amides is 1. The summed E-state index contributed by atoms with van der Waals surface area (Å²) < 4.78 is 27.6. The quantitative estimate of drug-likeness (QED) is 0.857. The number of amides is 1. The highest BCUT2D eigenvalue weighted by molar-refractivity contribution is 5.88. The van der Waals surface area contributed by atoms with Crippen LogP contribution in [0.4, 0.5) is 14.5 Å². The van der Waals surface area contributed by atoms with Gasteiger partial charge in [-0.25, -0.2) is 13.6 Å². The van der Waals surface area contributed by atoms with E-state index in [1.54, 1.807) is 0 Å². The first-order valence-corrected chi connectivity index (χ1v) is 5.66. The van der Waals surface area contributed by atoms with Gasteiger partial charge in [-0.2, -0.15) is 0 Å². The van der Waals surface area contributed by atoms with E-state index in [-0.39, 0.29) is 12.2 Å². The Morgan fingerprint density at radius 3 is 2.32 bits per heavy atom. The highest BCUT2D eigenvalue weighted by Gasteiger charge is 2.30. The number of hydrogen-bond acceptors (Lipinski definition) is 3. The molecule has 1 aromatic rings. The smallest absolute Gasteiger partial charge is 0.335 e. The summed E-state index contributed by atoms with van der Waals surface area (Å²) in [5.74, 6) is -4.27. The molecule has 3 N–H and O–H groups in total. The van der Waals surface area contributed by atoms with Crippen LogP contribution in [0.25, 0.3) is 0 Å². The number of carboxylic acids is 1. The van der Waals surface area contributed by atoms with Gasteiger partial charge in [-0.05, 0) is 18.6 Å². The Labute approximate surface area is 107 Å². The van der Waals surface area contributed by atoms with Crippen LogP contribution in [0, 0.1) is 17.6 Å². The lowest BCUT2D eigenvalue weighted by molar-refractivity contribution is -0.121. The third kappa shape index (κ3) is 2.49. The zero-order valence-electron chi connectivity index (χ0n) is 9.90. The molecule has 0 saturated carbocycles. The molecule has 1 aromatic carbocycles. The van der Waals surface area contributed by atoms with Crippen LogP contribution in [-0.2, 0) is 4.79 Å². The number of halogens is 2. The largest absolute Gasteiger partial charge is 0.478 e. The van der Waals surface area contributed by atoms with Gasteiger partial charge in [0.25, 0.3) is 0 Å². The van der Waals surface area contributed by atoms with Gasteiger partial charge in [0.2, 0.25) is 5.91 Å². The standard InChI is InChI=1S/C12H12F2N2O3/c13-8-3-7(12(18)19)4-9(14)10(8)16-2-1-6(5-16)11(15)17/h3-4,6H,1-2,5H2,(H2,15,17)(H,18,19). The topological polar surface area (TPSA) is 83.6 Å². The summed E-state index contributed by atoms with van der Waals surface area (Å²) in [5.41, 5.74) is 4.38. The lowest BCUT2D eigenvalue weighted by atomic mass is 10.1. The number of carboxylic acid groups (broad SMARTS) is 1. The number of benzene rings is 1. The Morgan fingerprint density at radius 2 is 1.89 bits per heavy atom. The van der Waals surface area contributed by atoms with Crippen molar-refractivity contribution < 1.29 is 23.5 Å². The molecule has 7 heteroatoms. The molecule has 1 unspecified atom stereocenters. The van der Waals surface area contributed by atoms with E-state index in [0.717, 1.165) is 12.1 Å². The number of carbonyl (C=O) groups is 2. The molecule has 0 spiro atoms. The van der Waals surface area contributed by atoms with E-state index in [1.165, 1.54) is 4.90 Å². The van der Waals surface area contributed by atoms with E-state index >= 15 is 0 Å². The fourth-order valence-corrected chi connectivity index (χ4v) is 2.19. The van der Waals surface area contributed by atoms with Crippen molar-refractivity contribution >= 4 is 17.6 Å². The van der Waals surface area contributed by atoms with Crippen LogP contribution in [0.15, 0.2) is 12.1 Å². The van der Waals surface area contributed by atoms with E-state index in [1.807, 2.05) is 0 Å². The minimum absolute atomic E-state index is 0.135. The zero-order valence-corrected chi connectivity index (χ0v) is 9.90. The molecular weight excluding hydrogens is 258 g/mol. The molecule has 1 saturated heterocycles. The van der Waals surface area contributed by atoms with Gasteiger partial charge in [0, 0.05) is 13.1 Å². The van der Waals surface area contributed by atoms with Crippen molar-refractivity contribution in [2.24, 2.45) is 11.7 Å². The van der Waals surface area contributed by atoms with Crippen LogP contribution >= 0.6 is 0 Å². The molecule has 1 fully saturated rings.